The molecular weight excluding hydrogens is 328 g/mol. The highest BCUT2D eigenvalue weighted by Crippen LogP contribution is 2.20. The predicted molar refractivity (Wildman–Crippen MR) is 100 cm³/mol. The molecule has 3 rings (SSSR count). The van der Waals surface area contributed by atoms with E-state index in [2.05, 4.69) is 32.6 Å². The summed E-state index contributed by atoms with van der Waals surface area (Å²) < 4.78 is 1.71. The number of rotatable bonds is 6. The predicted octanol–water partition coefficient (Wildman–Crippen LogP) is 2.97. The standard InChI is InChI=1S/C19H22N6O/c1-13(2)23-19(26)18-10-16(8-9-21-18)24-14(3)15-4-6-17(7-5-15)25-12-20-11-22-25/h4-14H,1-3H3,(H,21,24)(H,23,26)/t14-/m0/s1. The van der Waals surface area contributed by atoms with Gasteiger partial charge in [0.05, 0.1) is 5.69 Å². The number of amides is 1. The molecule has 0 fully saturated rings. The SMILES string of the molecule is CC(C)NC(=O)c1cc(N[C@@H](C)c2ccc(-n3cncn3)cc2)ccn1. The Hall–Kier alpha value is -3.22. The van der Waals surface area contributed by atoms with E-state index < -0.39 is 0 Å². The Bertz CT molecular complexity index is 858. The van der Waals surface area contributed by atoms with E-state index in [-0.39, 0.29) is 18.0 Å². The fourth-order valence-corrected chi connectivity index (χ4v) is 2.57. The van der Waals surface area contributed by atoms with Crippen LogP contribution >= 0.6 is 0 Å². The smallest absolute Gasteiger partial charge is 0.270 e. The molecule has 0 bridgehead atoms. The number of hydrogen-bond donors (Lipinski definition) is 2. The molecule has 2 N–H and O–H groups in total. The summed E-state index contributed by atoms with van der Waals surface area (Å²) in [6, 6.07) is 11.8. The minimum absolute atomic E-state index is 0.0724. The molecule has 3 aromatic rings. The summed E-state index contributed by atoms with van der Waals surface area (Å²) in [6.45, 7) is 5.91. The Morgan fingerprint density at radius 1 is 1.12 bits per heavy atom. The monoisotopic (exact) mass is 350 g/mol. The summed E-state index contributed by atoms with van der Waals surface area (Å²) >= 11 is 0. The van der Waals surface area contributed by atoms with Gasteiger partial charge in [0.15, 0.2) is 0 Å². The van der Waals surface area contributed by atoms with Gasteiger partial charge in [0, 0.05) is 24.0 Å². The molecule has 7 heteroatoms. The lowest BCUT2D eigenvalue weighted by Gasteiger charge is -2.17. The van der Waals surface area contributed by atoms with E-state index in [1.807, 2.05) is 44.2 Å². The lowest BCUT2D eigenvalue weighted by Crippen LogP contribution is -2.30. The molecule has 1 aromatic carbocycles. The van der Waals surface area contributed by atoms with Gasteiger partial charge in [0.2, 0.25) is 0 Å². The minimum atomic E-state index is -0.173. The summed E-state index contributed by atoms with van der Waals surface area (Å²) in [7, 11) is 0. The maximum atomic E-state index is 12.1. The molecule has 0 saturated carbocycles. The number of hydrogen-bond acceptors (Lipinski definition) is 5. The number of benzene rings is 1. The van der Waals surface area contributed by atoms with E-state index >= 15 is 0 Å². The molecule has 7 nitrogen and oxygen atoms in total. The number of anilines is 1. The van der Waals surface area contributed by atoms with Crippen molar-refractivity contribution in [2.24, 2.45) is 0 Å². The van der Waals surface area contributed by atoms with Crippen LogP contribution in [0, 0.1) is 0 Å². The van der Waals surface area contributed by atoms with E-state index in [9.17, 15) is 4.79 Å². The molecule has 0 unspecified atom stereocenters. The third kappa shape index (κ3) is 4.24. The third-order valence-corrected chi connectivity index (χ3v) is 3.87. The molecular formula is C19H22N6O. The molecule has 0 aliphatic carbocycles. The molecule has 1 atom stereocenters. The van der Waals surface area contributed by atoms with Crippen LogP contribution in [-0.4, -0.2) is 31.7 Å². The van der Waals surface area contributed by atoms with Crippen molar-refractivity contribution in [2.45, 2.75) is 32.9 Å². The van der Waals surface area contributed by atoms with Gasteiger partial charge >= 0.3 is 0 Å². The Morgan fingerprint density at radius 3 is 2.54 bits per heavy atom. The van der Waals surface area contributed by atoms with Crippen LogP contribution in [0.5, 0.6) is 0 Å². The first-order valence-electron chi connectivity index (χ1n) is 8.51. The van der Waals surface area contributed by atoms with E-state index in [0.29, 0.717) is 5.69 Å². The number of pyridine rings is 1. The first-order valence-corrected chi connectivity index (χ1v) is 8.51. The topological polar surface area (TPSA) is 84.7 Å². The highest BCUT2D eigenvalue weighted by molar-refractivity contribution is 5.93. The zero-order chi connectivity index (χ0) is 18.5. The van der Waals surface area contributed by atoms with E-state index in [4.69, 9.17) is 0 Å². The summed E-state index contributed by atoms with van der Waals surface area (Å²) in [5.74, 6) is -0.173. The van der Waals surface area contributed by atoms with Crippen molar-refractivity contribution in [3.05, 3.63) is 66.5 Å². The normalized spacial score (nSPS) is 12.0. The molecule has 1 amide bonds. The first-order chi connectivity index (χ1) is 12.5. The molecule has 0 aliphatic rings. The fourth-order valence-electron chi connectivity index (χ4n) is 2.57. The average molecular weight is 350 g/mol. The second-order valence-corrected chi connectivity index (χ2v) is 6.36. The molecule has 2 aromatic heterocycles. The maximum Gasteiger partial charge on any atom is 0.270 e. The zero-order valence-electron chi connectivity index (χ0n) is 15.0. The highest BCUT2D eigenvalue weighted by atomic mass is 16.1. The summed E-state index contributed by atoms with van der Waals surface area (Å²) in [5.41, 5.74) is 3.33. The third-order valence-electron chi connectivity index (χ3n) is 3.87. The highest BCUT2D eigenvalue weighted by Gasteiger charge is 2.11. The van der Waals surface area contributed by atoms with Gasteiger partial charge in [0.1, 0.15) is 18.3 Å². The Labute approximate surface area is 152 Å². The largest absolute Gasteiger partial charge is 0.378 e. The average Bonchev–Trinajstić information content (AvgIpc) is 3.16. The number of carbonyl (C=O) groups is 1. The van der Waals surface area contributed by atoms with Crippen LogP contribution in [0.1, 0.15) is 42.9 Å². The van der Waals surface area contributed by atoms with Crippen molar-refractivity contribution < 1.29 is 4.79 Å². The lowest BCUT2D eigenvalue weighted by atomic mass is 10.1. The van der Waals surface area contributed by atoms with Gasteiger partial charge in [-0.2, -0.15) is 5.10 Å². The van der Waals surface area contributed by atoms with E-state index in [1.54, 1.807) is 23.3 Å². The van der Waals surface area contributed by atoms with Gasteiger partial charge in [-0.3, -0.25) is 9.78 Å². The van der Waals surface area contributed by atoms with Crippen molar-refractivity contribution in [2.75, 3.05) is 5.32 Å². The van der Waals surface area contributed by atoms with Crippen LogP contribution in [0.15, 0.2) is 55.2 Å². The molecule has 2 heterocycles. The van der Waals surface area contributed by atoms with Gasteiger partial charge in [0.25, 0.3) is 5.91 Å². The number of nitrogens with one attached hydrogen (secondary N) is 2. The lowest BCUT2D eigenvalue weighted by molar-refractivity contribution is 0.0938. The number of aromatic nitrogens is 4. The van der Waals surface area contributed by atoms with Crippen molar-refractivity contribution in [3.8, 4) is 5.69 Å². The van der Waals surface area contributed by atoms with Crippen LogP contribution in [0.2, 0.25) is 0 Å². The summed E-state index contributed by atoms with van der Waals surface area (Å²) in [6.07, 6.45) is 4.81. The van der Waals surface area contributed by atoms with Crippen molar-refractivity contribution >= 4 is 11.6 Å². The van der Waals surface area contributed by atoms with Crippen LogP contribution in [0.3, 0.4) is 0 Å². The number of nitrogens with zero attached hydrogens (tertiary/aromatic N) is 4. The zero-order valence-corrected chi connectivity index (χ0v) is 15.0. The molecule has 26 heavy (non-hydrogen) atoms. The number of carbonyl (C=O) groups excluding carboxylic acids is 1. The molecule has 0 saturated heterocycles. The molecule has 0 spiro atoms. The van der Waals surface area contributed by atoms with Crippen LogP contribution < -0.4 is 10.6 Å². The van der Waals surface area contributed by atoms with Crippen LogP contribution in [0.4, 0.5) is 5.69 Å². The summed E-state index contributed by atoms with van der Waals surface area (Å²) in [5, 5.41) is 10.4. The quantitative estimate of drug-likeness (QED) is 0.714. The van der Waals surface area contributed by atoms with Crippen molar-refractivity contribution in [1.29, 1.82) is 0 Å². The Kier molecular flexibility index (Phi) is 5.26. The summed E-state index contributed by atoms with van der Waals surface area (Å²) in [4.78, 5) is 20.2. The second kappa shape index (κ2) is 7.77. The minimum Gasteiger partial charge on any atom is -0.378 e. The van der Waals surface area contributed by atoms with Gasteiger partial charge in [-0.15, -0.1) is 0 Å². The Morgan fingerprint density at radius 2 is 1.88 bits per heavy atom. The van der Waals surface area contributed by atoms with Gasteiger partial charge in [-0.25, -0.2) is 9.67 Å². The van der Waals surface area contributed by atoms with Gasteiger partial charge in [-0.1, -0.05) is 12.1 Å². The molecule has 0 radical (unpaired) electrons. The second-order valence-electron chi connectivity index (χ2n) is 6.36. The maximum absolute atomic E-state index is 12.1. The van der Waals surface area contributed by atoms with Gasteiger partial charge < -0.3 is 10.6 Å². The van der Waals surface area contributed by atoms with Gasteiger partial charge in [-0.05, 0) is 50.6 Å². The fraction of sp³-hybridized carbons (Fsp3) is 0.263. The molecule has 0 aliphatic heterocycles. The van der Waals surface area contributed by atoms with E-state index in [1.165, 1.54) is 6.33 Å². The first kappa shape index (κ1) is 17.6. The Balaban J connectivity index is 1.69. The molecule has 134 valence electrons. The van der Waals surface area contributed by atoms with E-state index in [0.717, 1.165) is 16.9 Å². The van der Waals surface area contributed by atoms with Crippen LogP contribution in [-0.2, 0) is 0 Å². The van der Waals surface area contributed by atoms with Crippen molar-refractivity contribution in [1.82, 2.24) is 25.1 Å². The van der Waals surface area contributed by atoms with Crippen LogP contribution in [0.25, 0.3) is 5.69 Å². The van der Waals surface area contributed by atoms with Crippen molar-refractivity contribution in [3.63, 3.8) is 0 Å².